The quantitative estimate of drug-likeness (QED) is 0.748. The van der Waals surface area contributed by atoms with Crippen LogP contribution in [0.1, 0.15) is 37.4 Å². The Bertz CT molecular complexity index is 268. The summed E-state index contributed by atoms with van der Waals surface area (Å²) in [5.41, 5.74) is 0. The fourth-order valence-corrected chi connectivity index (χ4v) is 2.82. The van der Waals surface area contributed by atoms with Crippen molar-refractivity contribution in [2.45, 2.75) is 43.6 Å². The summed E-state index contributed by atoms with van der Waals surface area (Å²) in [6.07, 6.45) is 5.51. The first-order chi connectivity index (χ1) is 6.34. The van der Waals surface area contributed by atoms with Gasteiger partial charge in [-0.15, -0.1) is 0 Å². The molecule has 3 nitrogen and oxygen atoms in total. The molecule has 4 heteroatoms. The molecule has 0 aliphatic heterocycles. The molecule has 1 aromatic heterocycles. The minimum absolute atomic E-state index is 0.669. The van der Waals surface area contributed by atoms with Crippen LogP contribution >= 0.6 is 11.8 Å². The molecular weight excluding hydrogens is 184 g/mol. The van der Waals surface area contributed by atoms with E-state index in [0.717, 1.165) is 16.8 Å². The average molecular weight is 198 g/mol. The van der Waals surface area contributed by atoms with Crippen LogP contribution in [0.5, 0.6) is 0 Å². The fraction of sp³-hybridized carbons (Fsp3) is 0.778. The van der Waals surface area contributed by atoms with Gasteiger partial charge in [0, 0.05) is 12.2 Å². The van der Waals surface area contributed by atoms with Crippen molar-refractivity contribution in [3.05, 3.63) is 11.7 Å². The van der Waals surface area contributed by atoms with Gasteiger partial charge in [0.2, 0.25) is 5.89 Å². The van der Waals surface area contributed by atoms with E-state index in [0.29, 0.717) is 5.89 Å². The van der Waals surface area contributed by atoms with Gasteiger partial charge in [-0.1, -0.05) is 18.0 Å². The number of nitrogens with zero attached hydrogens (tertiary/aromatic N) is 2. The Morgan fingerprint density at radius 2 is 2.23 bits per heavy atom. The van der Waals surface area contributed by atoms with Crippen LogP contribution in [0.15, 0.2) is 4.52 Å². The Balaban J connectivity index is 1.78. The topological polar surface area (TPSA) is 38.9 Å². The summed E-state index contributed by atoms with van der Waals surface area (Å²) in [6.45, 7) is 1.83. The number of rotatable bonds is 3. The maximum Gasteiger partial charge on any atom is 0.223 e. The van der Waals surface area contributed by atoms with Gasteiger partial charge in [-0.05, 0) is 12.8 Å². The Morgan fingerprint density at radius 1 is 1.46 bits per heavy atom. The zero-order valence-electron chi connectivity index (χ0n) is 7.82. The Hall–Kier alpha value is -0.510. The third kappa shape index (κ3) is 2.46. The van der Waals surface area contributed by atoms with Gasteiger partial charge < -0.3 is 4.52 Å². The van der Waals surface area contributed by atoms with Crippen molar-refractivity contribution in [1.82, 2.24) is 10.1 Å². The van der Waals surface area contributed by atoms with E-state index in [4.69, 9.17) is 4.52 Å². The molecule has 1 fully saturated rings. The minimum atomic E-state index is 0.669. The Morgan fingerprint density at radius 3 is 2.85 bits per heavy atom. The first-order valence-corrected chi connectivity index (χ1v) is 5.80. The molecule has 13 heavy (non-hydrogen) atoms. The van der Waals surface area contributed by atoms with E-state index >= 15 is 0 Å². The highest BCUT2D eigenvalue weighted by Gasteiger charge is 2.16. The summed E-state index contributed by atoms with van der Waals surface area (Å²) in [4.78, 5) is 4.17. The van der Waals surface area contributed by atoms with Gasteiger partial charge in [-0.25, -0.2) is 0 Å². The van der Waals surface area contributed by atoms with Gasteiger partial charge in [-0.2, -0.15) is 16.7 Å². The molecule has 0 N–H and O–H groups in total. The summed E-state index contributed by atoms with van der Waals surface area (Å²) in [5.74, 6) is 2.42. The van der Waals surface area contributed by atoms with Gasteiger partial charge in [-0.3, -0.25) is 0 Å². The van der Waals surface area contributed by atoms with Crippen molar-refractivity contribution >= 4 is 11.8 Å². The van der Waals surface area contributed by atoms with Crippen LogP contribution in [0.2, 0.25) is 0 Å². The van der Waals surface area contributed by atoms with Crippen molar-refractivity contribution in [2.24, 2.45) is 0 Å². The number of hydrogen-bond donors (Lipinski definition) is 0. The smallest absolute Gasteiger partial charge is 0.223 e. The number of hydrogen-bond acceptors (Lipinski definition) is 4. The van der Waals surface area contributed by atoms with Crippen LogP contribution in [0, 0.1) is 6.92 Å². The van der Waals surface area contributed by atoms with Crippen molar-refractivity contribution in [3.63, 3.8) is 0 Å². The van der Waals surface area contributed by atoms with Crippen LogP contribution in [0.25, 0.3) is 0 Å². The van der Waals surface area contributed by atoms with Crippen molar-refractivity contribution in [2.75, 3.05) is 0 Å². The lowest BCUT2D eigenvalue weighted by Gasteiger charge is -2.04. The third-order valence-corrected chi connectivity index (χ3v) is 3.69. The molecule has 1 aliphatic carbocycles. The van der Waals surface area contributed by atoms with E-state index in [2.05, 4.69) is 10.1 Å². The van der Waals surface area contributed by atoms with Crippen LogP contribution in [-0.4, -0.2) is 15.4 Å². The second-order valence-electron chi connectivity index (χ2n) is 3.45. The maximum absolute atomic E-state index is 4.91. The Labute approximate surface area is 82.3 Å². The van der Waals surface area contributed by atoms with E-state index in [-0.39, 0.29) is 0 Å². The zero-order valence-corrected chi connectivity index (χ0v) is 8.64. The normalized spacial score (nSPS) is 18.2. The first-order valence-electron chi connectivity index (χ1n) is 4.75. The van der Waals surface area contributed by atoms with Gasteiger partial charge in [0.05, 0.1) is 5.75 Å². The zero-order chi connectivity index (χ0) is 9.10. The average Bonchev–Trinajstić information content (AvgIpc) is 2.71. The highest BCUT2D eigenvalue weighted by molar-refractivity contribution is 7.99. The molecule has 0 amide bonds. The monoisotopic (exact) mass is 198 g/mol. The van der Waals surface area contributed by atoms with E-state index in [1.807, 2.05) is 18.7 Å². The predicted molar refractivity (Wildman–Crippen MR) is 52.6 cm³/mol. The predicted octanol–water partition coefficient (Wildman–Crippen LogP) is 2.55. The molecule has 0 spiro atoms. The second kappa shape index (κ2) is 4.13. The van der Waals surface area contributed by atoms with Crippen LogP contribution < -0.4 is 0 Å². The molecule has 0 atom stereocenters. The Kier molecular flexibility index (Phi) is 2.88. The molecule has 0 bridgehead atoms. The summed E-state index contributed by atoms with van der Waals surface area (Å²) in [5, 5.41) is 4.70. The summed E-state index contributed by atoms with van der Waals surface area (Å²) in [7, 11) is 0. The molecule has 0 radical (unpaired) electrons. The molecule has 2 rings (SSSR count). The largest absolute Gasteiger partial charge is 0.340 e. The first kappa shape index (κ1) is 9.06. The molecule has 0 aromatic carbocycles. The van der Waals surface area contributed by atoms with E-state index in [9.17, 15) is 0 Å². The molecule has 0 saturated heterocycles. The summed E-state index contributed by atoms with van der Waals surface area (Å²) >= 11 is 1.97. The number of aromatic nitrogens is 2. The SMILES string of the molecule is Cc1nc(CSC2CCCC2)no1. The minimum Gasteiger partial charge on any atom is -0.340 e. The van der Waals surface area contributed by atoms with E-state index in [1.165, 1.54) is 25.7 Å². The summed E-state index contributed by atoms with van der Waals surface area (Å²) < 4.78 is 4.91. The van der Waals surface area contributed by atoms with Gasteiger partial charge in [0.15, 0.2) is 5.82 Å². The number of aryl methyl sites for hydroxylation is 1. The third-order valence-electron chi connectivity index (χ3n) is 2.32. The standard InChI is InChI=1S/C9H14N2OS/c1-7-10-9(11-12-7)6-13-8-4-2-3-5-8/h8H,2-6H2,1H3. The lowest BCUT2D eigenvalue weighted by molar-refractivity contribution is 0.389. The number of thioether (sulfide) groups is 1. The van der Waals surface area contributed by atoms with Crippen molar-refractivity contribution in [1.29, 1.82) is 0 Å². The highest BCUT2D eigenvalue weighted by Crippen LogP contribution is 2.30. The lowest BCUT2D eigenvalue weighted by Crippen LogP contribution is -1.95. The van der Waals surface area contributed by atoms with Crippen molar-refractivity contribution < 1.29 is 4.52 Å². The fourth-order valence-electron chi connectivity index (χ4n) is 1.65. The highest BCUT2D eigenvalue weighted by atomic mass is 32.2. The van der Waals surface area contributed by atoms with Gasteiger partial charge >= 0.3 is 0 Å². The molecule has 1 heterocycles. The van der Waals surface area contributed by atoms with Gasteiger partial charge in [0.25, 0.3) is 0 Å². The molecule has 72 valence electrons. The molecule has 0 unspecified atom stereocenters. The van der Waals surface area contributed by atoms with Gasteiger partial charge in [0.1, 0.15) is 0 Å². The van der Waals surface area contributed by atoms with Crippen LogP contribution in [-0.2, 0) is 5.75 Å². The second-order valence-corrected chi connectivity index (χ2v) is 4.74. The molecular formula is C9H14N2OS. The van der Waals surface area contributed by atoms with Crippen LogP contribution in [0.3, 0.4) is 0 Å². The lowest BCUT2D eigenvalue weighted by atomic mass is 10.4. The molecule has 1 saturated carbocycles. The van der Waals surface area contributed by atoms with Crippen LogP contribution in [0.4, 0.5) is 0 Å². The van der Waals surface area contributed by atoms with E-state index in [1.54, 1.807) is 0 Å². The molecule has 1 aromatic rings. The maximum atomic E-state index is 4.91. The van der Waals surface area contributed by atoms with E-state index < -0.39 is 0 Å². The summed E-state index contributed by atoms with van der Waals surface area (Å²) in [6, 6.07) is 0. The van der Waals surface area contributed by atoms with Crippen molar-refractivity contribution in [3.8, 4) is 0 Å². The molecule has 1 aliphatic rings.